The minimum absolute atomic E-state index is 0.0545. The largest absolute Gasteiger partial charge is 0.388 e. The molecule has 0 fully saturated rings. The second kappa shape index (κ2) is 11.2. The first kappa shape index (κ1) is 22.5. The molecule has 2 atom stereocenters. The Hall–Kier alpha value is -1.53. The van der Waals surface area contributed by atoms with E-state index in [2.05, 4.69) is 10.3 Å². The Morgan fingerprint density at radius 2 is 2.00 bits per heavy atom. The summed E-state index contributed by atoms with van der Waals surface area (Å²) in [5, 5.41) is 13.4. The van der Waals surface area contributed by atoms with Crippen LogP contribution in [0.2, 0.25) is 0 Å². The van der Waals surface area contributed by atoms with E-state index in [1.165, 1.54) is 6.20 Å². The number of nitrogens with zero attached hydrogens (tertiary/aromatic N) is 1. The van der Waals surface area contributed by atoms with Crippen LogP contribution in [0, 0.1) is 0 Å². The third-order valence-electron chi connectivity index (χ3n) is 3.78. The number of allylic oxidation sites excluding steroid dienone is 1. The van der Waals surface area contributed by atoms with Gasteiger partial charge in [0.2, 0.25) is 0 Å². The summed E-state index contributed by atoms with van der Waals surface area (Å²) in [6.07, 6.45) is 4.52. The molecule has 26 heavy (non-hydrogen) atoms. The minimum Gasteiger partial charge on any atom is -0.388 e. The van der Waals surface area contributed by atoms with E-state index in [4.69, 9.17) is 9.05 Å². The fourth-order valence-electron chi connectivity index (χ4n) is 2.53. The monoisotopic (exact) mass is 384 g/mol. The van der Waals surface area contributed by atoms with Gasteiger partial charge >= 0.3 is 7.60 Å². The van der Waals surface area contributed by atoms with Crippen LogP contribution in [0.1, 0.15) is 44.5 Å². The Balaban J connectivity index is 3.05. The van der Waals surface area contributed by atoms with Gasteiger partial charge in [-0.25, -0.2) is 0 Å². The molecule has 0 saturated carbocycles. The maximum atomic E-state index is 13.2. The Kier molecular flexibility index (Phi) is 9.73. The van der Waals surface area contributed by atoms with Gasteiger partial charge in [-0.05, 0) is 44.9 Å². The third-order valence-corrected chi connectivity index (χ3v) is 6.29. The van der Waals surface area contributed by atoms with Gasteiger partial charge in [-0.15, -0.1) is 0 Å². The number of nitrogens with one attached hydrogen (secondary N) is 1. The smallest absolute Gasteiger partial charge is 0.338 e. The molecule has 0 aliphatic rings. The number of carbonyl (C=O) groups is 1. The lowest BCUT2D eigenvalue weighted by atomic mass is 10.1. The standard InChI is InChI=1S/C18H29N2O5P/c1-5-9-14(4)17(21)16(26(23,24-6-2)25-7-3)13-20-18(22)15-10-8-11-19-12-15/h8-12,16-17,21H,5-7,13H2,1-4H3,(H,20,22). The molecule has 0 saturated heterocycles. The van der Waals surface area contributed by atoms with Crippen molar-refractivity contribution in [2.45, 2.75) is 45.9 Å². The topological polar surface area (TPSA) is 97.8 Å². The molecule has 0 radical (unpaired) electrons. The van der Waals surface area contributed by atoms with E-state index in [0.717, 1.165) is 6.42 Å². The quantitative estimate of drug-likeness (QED) is 0.449. The van der Waals surface area contributed by atoms with E-state index in [1.807, 2.05) is 13.0 Å². The summed E-state index contributed by atoms with van der Waals surface area (Å²) in [5.41, 5.74) is 0.128. The van der Waals surface area contributed by atoms with Crippen molar-refractivity contribution in [3.63, 3.8) is 0 Å². The Bertz CT molecular complexity index is 626. The van der Waals surface area contributed by atoms with Crippen LogP contribution in [-0.4, -0.2) is 47.5 Å². The van der Waals surface area contributed by atoms with Gasteiger partial charge in [0, 0.05) is 18.9 Å². The average Bonchev–Trinajstić information content (AvgIpc) is 2.62. The van der Waals surface area contributed by atoms with Crippen LogP contribution in [0.15, 0.2) is 36.2 Å². The second-order valence-corrected chi connectivity index (χ2v) is 7.96. The summed E-state index contributed by atoms with van der Waals surface area (Å²) < 4.78 is 24.0. The molecule has 0 aromatic carbocycles. The van der Waals surface area contributed by atoms with Crippen LogP contribution < -0.4 is 5.32 Å². The predicted molar refractivity (Wildman–Crippen MR) is 101 cm³/mol. The van der Waals surface area contributed by atoms with Gasteiger partial charge < -0.3 is 19.5 Å². The molecule has 1 aromatic rings. The number of hydrogen-bond donors (Lipinski definition) is 2. The van der Waals surface area contributed by atoms with E-state index in [1.54, 1.807) is 39.1 Å². The van der Waals surface area contributed by atoms with E-state index >= 15 is 0 Å². The zero-order valence-corrected chi connectivity index (χ0v) is 16.7. The highest BCUT2D eigenvalue weighted by atomic mass is 31.2. The first-order valence-electron chi connectivity index (χ1n) is 8.81. The first-order valence-corrected chi connectivity index (χ1v) is 10.4. The Morgan fingerprint density at radius 1 is 1.35 bits per heavy atom. The highest BCUT2D eigenvalue weighted by Crippen LogP contribution is 2.54. The van der Waals surface area contributed by atoms with E-state index < -0.39 is 19.4 Å². The Morgan fingerprint density at radius 3 is 2.50 bits per heavy atom. The number of pyridine rings is 1. The van der Waals surface area contributed by atoms with Crippen LogP contribution in [0.25, 0.3) is 0 Å². The number of aliphatic hydroxyl groups is 1. The molecule has 1 rings (SSSR count). The molecule has 146 valence electrons. The molecule has 0 aliphatic carbocycles. The summed E-state index contributed by atoms with van der Waals surface area (Å²) in [4.78, 5) is 16.2. The first-order chi connectivity index (χ1) is 12.4. The minimum atomic E-state index is -3.63. The summed E-state index contributed by atoms with van der Waals surface area (Å²) in [6, 6.07) is 3.28. The molecule has 8 heteroatoms. The normalized spacial score (nSPS) is 14.7. The summed E-state index contributed by atoms with van der Waals surface area (Å²) in [7, 11) is -3.63. The third kappa shape index (κ3) is 6.32. The molecule has 0 bridgehead atoms. The average molecular weight is 384 g/mol. The zero-order chi connectivity index (χ0) is 19.6. The van der Waals surface area contributed by atoms with Gasteiger partial charge in [-0.1, -0.05) is 13.0 Å². The predicted octanol–water partition coefficient (Wildman–Crippen LogP) is 3.16. The van der Waals surface area contributed by atoms with Gasteiger partial charge in [0.15, 0.2) is 0 Å². The molecule has 7 nitrogen and oxygen atoms in total. The SMILES string of the molecule is CCC=C(C)C(O)C(CNC(=O)c1cccnc1)P(=O)(OCC)OCC. The molecular weight excluding hydrogens is 355 g/mol. The van der Waals surface area contributed by atoms with Gasteiger partial charge in [0.1, 0.15) is 5.66 Å². The van der Waals surface area contributed by atoms with E-state index in [0.29, 0.717) is 11.1 Å². The number of hydrogen-bond acceptors (Lipinski definition) is 6. The van der Waals surface area contributed by atoms with E-state index in [-0.39, 0.29) is 25.7 Å². The van der Waals surface area contributed by atoms with E-state index in [9.17, 15) is 14.5 Å². The lowest BCUT2D eigenvalue weighted by Gasteiger charge is -2.30. The van der Waals surface area contributed by atoms with Crippen molar-refractivity contribution in [3.05, 3.63) is 41.7 Å². The number of carbonyl (C=O) groups excluding carboxylic acids is 1. The van der Waals surface area contributed by atoms with Crippen molar-refractivity contribution < 1.29 is 23.5 Å². The van der Waals surface area contributed by atoms with Crippen molar-refractivity contribution in [3.8, 4) is 0 Å². The van der Waals surface area contributed by atoms with Crippen molar-refractivity contribution >= 4 is 13.5 Å². The highest BCUT2D eigenvalue weighted by Gasteiger charge is 2.41. The molecule has 1 amide bonds. The van der Waals surface area contributed by atoms with Crippen molar-refractivity contribution in [1.82, 2.24) is 10.3 Å². The summed E-state index contributed by atoms with van der Waals surface area (Å²) in [6.45, 7) is 7.41. The molecule has 1 aromatic heterocycles. The highest BCUT2D eigenvalue weighted by molar-refractivity contribution is 7.54. The van der Waals surface area contributed by atoms with Crippen molar-refractivity contribution in [2.75, 3.05) is 19.8 Å². The fraction of sp³-hybridized carbons (Fsp3) is 0.556. The number of rotatable bonds is 11. The number of amides is 1. The van der Waals surface area contributed by atoms with Crippen molar-refractivity contribution in [1.29, 1.82) is 0 Å². The maximum absolute atomic E-state index is 13.2. The van der Waals surface area contributed by atoms with Crippen LogP contribution in [0.5, 0.6) is 0 Å². The number of aromatic nitrogens is 1. The molecular formula is C18H29N2O5P. The molecule has 2 unspecified atom stereocenters. The maximum Gasteiger partial charge on any atom is 0.338 e. The zero-order valence-electron chi connectivity index (χ0n) is 15.8. The molecule has 2 N–H and O–H groups in total. The number of aliphatic hydroxyl groups excluding tert-OH is 1. The molecule has 0 aliphatic heterocycles. The van der Waals surface area contributed by atoms with Crippen LogP contribution in [-0.2, 0) is 13.6 Å². The van der Waals surface area contributed by atoms with Gasteiger partial charge in [-0.2, -0.15) is 0 Å². The second-order valence-electron chi connectivity index (χ2n) is 5.70. The lowest BCUT2D eigenvalue weighted by Crippen LogP contribution is -2.40. The molecule has 0 spiro atoms. The van der Waals surface area contributed by atoms with Crippen LogP contribution >= 0.6 is 7.60 Å². The van der Waals surface area contributed by atoms with Gasteiger partial charge in [0.05, 0.1) is 24.9 Å². The summed E-state index contributed by atoms with van der Waals surface area (Å²) in [5.74, 6) is -0.369. The van der Waals surface area contributed by atoms with Crippen LogP contribution in [0.3, 0.4) is 0 Å². The fourth-order valence-corrected chi connectivity index (χ4v) is 4.60. The summed E-state index contributed by atoms with van der Waals surface area (Å²) >= 11 is 0. The van der Waals surface area contributed by atoms with Crippen LogP contribution in [0.4, 0.5) is 0 Å². The molecule has 1 heterocycles. The van der Waals surface area contributed by atoms with Gasteiger partial charge in [-0.3, -0.25) is 14.3 Å². The van der Waals surface area contributed by atoms with Crippen molar-refractivity contribution in [2.24, 2.45) is 0 Å². The lowest BCUT2D eigenvalue weighted by molar-refractivity contribution is 0.0943. The Labute approximate surface area is 155 Å². The van der Waals surface area contributed by atoms with Gasteiger partial charge in [0.25, 0.3) is 5.91 Å².